The van der Waals surface area contributed by atoms with E-state index in [1.54, 1.807) is 23.5 Å². The molecule has 2 aromatic rings. The van der Waals surface area contributed by atoms with Gasteiger partial charge in [0.25, 0.3) is 0 Å². The number of hydrogen-bond donors (Lipinski definition) is 1. The summed E-state index contributed by atoms with van der Waals surface area (Å²) in [5.41, 5.74) is 2.21. The highest BCUT2D eigenvalue weighted by Gasteiger charge is 2.18. The Balaban J connectivity index is 2.42. The van der Waals surface area contributed by atoms with Crippen molar-refractivity contribution in [3.05, 3.63) is 49.9 Å². The second kappa shape index (κ2) is 6.70. The first-order valence-electron chi connectivity index (χ1n) is 6.39. The van der Waals surface area contributed by atoms with Crippen molar-refractivity contribution in [2.24, 2.45) is 0 Å². The molecule has 0 radical (unpaired) electrons. The van der Waals surface area contributed by atoms with Crippen LogP contribution in [0.3, 0.4) is 0 Å². The van der Waals surface area contributed by atoms with E-state index in [1.807, 2.05) is 0 Å². The van der Waals surface area contributed by atoms with Crippen molar-refractivity contribution in [2.75, 3.05) is 13.7 Å². The van der Waals surface area contributed by atoms with Gasteiger partial charge in [0.15, 0.2) is 11.6 Å². The Bertz CT molecular complexity index is 580. The molecular formula is C15H17BrFNOS. The van der Waals surface area contributed by atoms with Crippen molar-refractivity contribution in [1.29, 1.82) is 0 Å². The van der Waals surface area contributed by atoms with Gasteiger partial charge in [0.2, 0.25) is 0 Å². The molecule has 0 fully saturated rings. The van der Waals surface area contributed by atoms with Gasteiger partial charge >= 0.3 is 0 Å². The molecule has 0 aliphatic carbocycles. The first-order chi connectivity index (χ1) is 9.56. The average Bonchev–Trinajstić information content (AvgIpc) is 2.76. The van der Waals surface area contributed by atoms with Crippen LogP contribution in [-0.2, 0) is 0 Å². The van der Waals surface area contributed by atoms with Crippen LogP contribution in [0.5, 0.6) is 5.75 Å². The number of ether oxygens (including phenoxy) is 1. The molecule has 1 aromatic heterocycles. The van der Waals surface area contributed by atoms with Crippen molar-refractivity contribution >= 4 is 27.3 Å². The Morgan fingerprint density at radius 2 is 2.15 bits per heavy atom. The quantitative estimate of drug-likeness (QED) is 0.839. The Hall–Kier alpha value is -0.910. The molecule has 1 N–H and O–H groups in total. The minimum atomic E-state index is -0.338. The van der Waals surface area contributed by atoms with Gasteiger partial charge in [-0.3, -0.25) is 0 Å². The van der Waals surface area contributed by atoms with Gasteiger partial charge < -0.3 is 10.1 Å². The largest absolute Gasteiger partial charge is 0.494 e. The van der Waals surface area contributed by atoms with Gasteiger partial charge in [0, 0.05) is 4.88 Å². The summed E-state index contributed by atoms with van der Waals surface area (Å²) in [6.45, 7) is 4.96. The Morgan fingerprint density at radius 3 is 2.70 bits per heavy atom. The van der Waals surface area contributed by atoms with Crippen LogP contribution in [0, 0.1) is 12.7 Å². The molecule has 0 amide bonds. The van der Waals surface area contributed by atoms with E-state index in [4.69, 9.17) is 4.74 Å². The maximum Gasteiger partial charge on any atom is 0.165 e. The lowest BCUT2D eigenvalue weighted by Gasteiger charge is -2.18. The van der Waals surface area contributed by atoms with Crippen LogP contribution < -0.4 is 10.1 Å². The molecular weight excluding hydrogens is 341 g/mol. The van der Waals surface area contributed by atoms with E-state index in [-0.39, 0.29) is 17.6 Å². The van der Waals surface area contributed by atoms with Crippen molar-refractivity contribution in [3.8, 4) is 5.75 Å². The molecule has 1 atom stereocenters. The van der Waals surface area contributed by atoms with Crippen LogP contribution in [0.2, 0.25) is 0 Å². The van der Waals surface area contributed by atoms with Crippen LogP contribution in [-0.4, -0.2) is 13.7 Å². The fourth-order valence-electron chi connectivity index (χ4n) is 2.07. The van der Waals surface area contributed by atoms with E-state index in [1.165, 1.54) is 23.6 Å². The molecule has 0 aliphatic heterocycles. The molecule has 20 heavy (non-hydrogen) atoms. The minimum Gasteiger partial charge on any atom is -0.494 e. The summed E-state index contributed by atoms with van der Waals surface area (Å²) in [5, 5.41) is 3.44. The van der Waals surface area contributed by atoms with Gasteiger partial charge in [0.1, 0.15) is 0 Å². The molecule has 0 saturated heterocycles. The minimum absolute atomic E-state index is 0.0458. The summed E-state index contributed by atoms with van der Waals surface area (Å²) in [7, 11) is 1.48. The zero-order valence-corrected chi connectivity index (χ0v) is 14.1. The summed E-state index contributed by atoms with van der Waals surface area (Å²) in [6, 6.07) is 7.20. The Kier molecular flexibility index (Phi) is 5.18. The van der Waals surface area contributed by atoms with E-state index < -0.39 is 0 Å². The lowest BCUT2D eigenvalue weighted by atomic mass is 10.0. The van der Waals surface area contributed by atoms with E-state index in [0.29, 0.717) is 0 Å². The van der Waals surface area contributed by atoms with Gasteiger partial charge in [-0.25, -0.2) is 4.39 Å². The van der Waals surface area contributed by atoms with E-state index in [9.17, 15) is 4.39 Å². The van der Waals surface area contributed by atoms with Crippen LogP contribution in [0.1, 0.15) is 29.0 Å². The first-order valence-corrected chi connectivity index (χ1v) is 8.00. The topological polar surface area (TPSA) is 21.3 Å². The molecule has 108 valence electrons. The van der Waals surface area contributed by atoms with Gasteiger partial charge in [-0.1, -0.05) is 13.0 Å². The number of methoxy groups -OCH3 is 1. The van der Waals surface area contributed by atoms with Gasteiger partial charge in [0.05, 0.1) is 16.9 Å². The molecule has 2 nitrogen and oxygen atoms in total. The third-order valence-corrected chi connectivity index (χ3v) is 5.28. The molecule has 2 rings (SSSR count). The normalized spacial score (nSPS) is 12.4. The molecule has 0 bridgehead atoms. The Labute approximate surface area is 131 Å². The molecule has 0 aliphatic rings. The number of benzene rings is 1. The highest BCUT2D eigenvalue weighted by molar-refractivity contribution is 9.11. The van der Waals surface area contributed by atoms with Crippen molar-refractivity contribution in [3.63, 3.8) is 0 Å². The highest BCUT2D eigenvalue weighted by atomic mass is 79.9. The standard InChI is InChI=1S/C15H17BrFNOS/c1-4-18-14(13-7-9(2)15(16)20-13)10-5-6-11(17)12(8-10)19-3/h5-8,14,18H,4H2,1-3H3. The molecule has 1 unspecified atom stereocenters. The van der Waals surface area contributed by atoms with Gasteiger partial charge in [-0.15, -0.1) is 11.3 Å². The maximum absolute atomic E-state index is 13.5. The average molecular weight is 358 g/mol. The summed E-state index contributed by atoms with van der Waals surface area (Å²) in [6.07, 6.45) is 0. The number of aryl methyl sites for hydroxylation is 1. The second-order valence-electron chi connectivity index (χ2n) is 4.49. The predicted molar refractivity (Wildman–Crippen MR) is 85.2 cm³/mol. The van der Waals surface area contributed by atoms with Crippen LogP contribution in [0.4, 0.5) is 4.39 Å². The third kappa shape index (κ3) is 3.22. The SMILES string of the molecule is CCNC(c1ccc(F)c(OC)c1)c1cc(C)c(Br)s1. The second-order valence-corrected chi connectivity index (χ2v) is 6.89. The molecule has 1 aromatic carbocycles. The fourth-order valence-corrected chi connectivity index (χ4v) is 3.74. The smallest absolute Gasteiger partial charge is 0.165 e. The predicted octanol–water partition coefficient (Wildman–Crippen LogP) is 4.67. The van der Waals surface area contributed by atoms with E-state index in [2.05, 4.69) is 41.2 Å². The van der Waals surface area contributed by atoms with Crippen LogP contribution in [0.25, 0.3) is 0 Å². The van der Waals surface area contributed by atoms with Crippen molar-refractivity contribution < 1.29 is 9.13 Å². The molecule has 0 saturated carbocycles. The summed E-state index contributed by atoms with van der Waals surface area (Å²) >= 11 is 5.25. The van der Waals surface area contributed by atoms with Crippen LogP contribution in [0.15, 0.2) is 28.1 Å². The zero-order chi connectivity index (χ0) is 14.7. The summed E-state index contributed by atoms with van der Waals surface area (Å²) < 4.78 is 19.7. The van der Waals surface area contributed by atoms with E-state index >= 15 is 0 Å². The molecule has 1 heterocycles. The van der Waals surface area contributed by atoms with Crippen molar-refractivity contribution in [2.45, 2.75) is 19.9 Å². The van der Waals surface area contributed by atoms with Crippen LogP contribution >= 0.6 is 27.3 Å². The van der Waals surface area contributed by atoms with Crippen molar-refractivity contribution in [1.82, 2.24) is 5.32 Å². The number of hydrogen-bond acceptors (Lipinski definition) is 3. The lowest BCUT2D eigenvalue weighted by Crippen LogP contribution is -2.21. The lowest BCUT2D eigenvalue weighted by molar-refractivity contribution is 0.385. The number of thiophene rings is 1. The zero-order valence-electron chi connectivity index (χ0n) is 11.7. The fraction of sp³-hybridized carbons (Fsp3) is 0.333. The summed E-state index contributed by atoms with van der Waals surface area (Å²) in [5.74, 6) is -0.0622. The number of nitrogens with one attached hydrogen (secondary N) is 1. The monoisotopic (exact) mass is 357 g/mol. The maximum atomic E-state index is 13.5. The molecule has 0 spiro atoms. The van der Waals surface area contributed by atoms with Gasteiger partial charge in [-0.05, 0) is 58.7 Å². The Morgan fingerprint density at radius 1 is 1.40 bits per heavy atom. The number of halogens is 2. The third-order valence-electron chi connectivity index (χ3n) is 3.08. The molecule has 5 heteroatoms. The number of rotatable bonds is 5. The first kappa shape index (κ1) is 15.5. The van der Waals surface area contributed by atoms with E-state index in [0.717, 1.165) is 15.9 Å². The highest BCUT2D eigenvalue weighted by Crippen LogP contribution is 2.35. The van der Waals surface area contributed by atoms with Gasteiger partial charge in [-0.2, -0.15) is 0 Å². The summed E-state index contributed by atoms with van der Waals surface area (Å²) in [4.78, 5) is 1.20.